The van der Waals surface area contributed by atoms with E-state index >= 15 is 0 Å². The van der Waals surface area contributed by atoms with Gasteiger partial charge in [-0.25, -0.2) is 0 Å². The molecule has 3 aromatic carbocycles. The number of aliphatic hydroxyl groups excluding tert-OH is 1. The van der Waals surface area contributed by atoms with E-state index in [9.17, 15) is 5.11 Å². The third kappa shape index (κ3) is 5.48. The summed E-state index contributed by atoms with van der Waals surface area (Å²) < 4.78 is 6.23. The van der Waals surface area contributed by atoms with Crippen molar-refractivity contribution in [3.05, 3.63) is 102 Å². The Morgan fingerprint density at radius 1 is 0.767 bits per heavy atom. The van der Waals surface area contributed by atoms with Crippen molar-refractivity contribution >= 4 is 5.69 Å². The number of hydrogen-bond acceptors (Lipinski definition) is 3. The van der Waals surface area contributed by atoms with Gasteiger partial charge >= 0.3 is 0 Å². The number of nitrogens with zero attached hydrogens (tertiary/aromatic N) is 1. The topological polar surface area (TPSA) is 37.1 Å². The lowest BCUT2D eigenvalue weighted by atomic mass is 10.0. The fourth-order valence-corrected chi connectivity index (χ4v) is 4.16. The summed E-state index contributed by atoms with van der Waals surface area (Å²) in [6.07, 6.45) is -0.634. The van der Waals surface area contributed by atoms with Crippen molar-refractivity contribution in [1.29, 1.82) is 0 Å². The molecule has 0 spiro atoms. The molecule has 1 atom stereocenters. The first kappa shape index (κ1) is 20.6. The molecule has 3 aromatic rings. The number of ether oxygens (including phenoxy) is 1. The molecule has 1 aliphatic heterocycles. The van der Waals surface area contributed by atoms with Crippen molar-refractivity contribution in [2.75, 3.05) is 44.2 Å². The molecule has 0 aromatic heterocycles. The van der Waals surface area contributed by atoms with E-state index in [0.717, 1.165) is 43.9 Å². The Bertz CT molecular complexity index is 826. The van der Waals surface area contributed by atoms with Gasteiger partial charge in [-0.05, 0) is 23.3 Å². The zero-order valence-electron chi connectivity index (χ0n) is 17.4. The van der Waals surface area contributed by atoms with Crippen LogP contribution in [0.15, 0.2) is 91.0 Å². The van der Waals surface area contributed by atoms with E-state index in [0.29, 0.717) is 6.61 Å². The fourth-order valence-electron chi connectivity index (χ4n) is 4.16. The number of nitrogens with one attached hydrogen (secondary N) is 1. The van der Waals surface area contributed by atoms with Gasteiger partial charge in [0.25, 0.3) is 0 Å². The van der Waals surface area contributed by atoms with E-state index in [2.05, 4.69) is 59.5 Å². The molecule has 1 fully saturated rings. The molecule has 4 nitrogen and oxygen atoms in total. The van der Waals surface area contributed by atoms with Crippen LogP contribution in [0.5, 0.6) is 0 Å². The molecule has 30 heavy (non-hydrogen) atoms. The molecular weight excluding hydrogens is 372 g/mol. The Kier molecular flexibility index (Phi) is 7.14. The maximum Gasteiger partial charge on any atom is 0.126 e. The number of rotatable bonds is 8. The van der Waals surface area contributed by atoms with Crippen LogP contribution in [0.4, 0.5) is 5.69 Å². The van der Waals surface area contributed by atoms with Gasteiger partial charge in [-0.15, -0.1) is 0 Å². The monoisotopic (exact) mass is 403 g/mol. The SMILES string of the molecule is O[C@H](COC(c1ccccc1)c1ccccc1)C[NH+]1CCN(c2ccccc2)CC1. The molecule has 156 valence electrons. The molecule has 0 saturated carbocycles. The highest BCUT2D eigenvalue weighted by atomic mass is 16.5. The van der Waals surface area contributed by atoms with Crippen LogP contribution in [-0.2, 0) is 4.74 Å². The lowest BCUT2D eigenvalue weighted by Crippen LogP contribution is -3.16. The van der Waals surface area contributed by atoms with Gasteiger partial charge < -0.3 is 19.6 Å². The predicted molar refractivity (Wildman–Crippen MR) is 121 cm³/mol. The smallest absolute Gasteiger partial charge is 0.126 e. The van der Waals surface area contributed by atoms with Crippen LogP contribution in [0.2, 0.25) is 0 Å². The number of quaternary nitrogens is 1. The lowest BCUT2D eigenvalue weighted by Gasteiger charge is -2.34. The van der Waals surface area contributed by atoms with Gasteiger partial charge in [0.2, 0.25) is 0 Å². The number of benzene rings is 3. The molecule has 0 aliphatic carbocycles. The first-order chi connectivity index (χ1) is 14.8. The van der Waals surface area contributed by atoms with Crippen LogP contribution in [0.3, 0.4) is 0 Å². The fraction of sp³-hybridized carbons (Fsp3) is 0.308. The standard InChI is InChI=1S/C26H30N2O2/c29-25(20-27-16-18-28(19-17-27)24-14-8-3-9-15-24)21-30-26(22-10-4-1-5-11-22)23-12-6-2-7-13-23/h1-15,25-26,29H,16-21H2/p+1/t25-/m0/s1. The van der Waals surface area contributed by atoms with Crippen LogP contribution in [0, 0.1) is 0 Å². The molecule has 4 heteroatoms. The number of hydrogen-bond donors (Lipinski definition) is 2. The second-order valence-electron chi connectivity index (χ2n) is 7.97. The maximum atomic E-state index is 10.7. The third-order valence-electron chi connectivity index (χ3n) is 5.78. The van der Waals surface area contributed by atoms with Crippen LogP contribution in [-0.4, -0.2) is 50.5 Å². The van der Waals surface area contributed by atoms with Crippen LogP contribution < -0.4 is 9.80 Å². The van der Waals surface area contributed by atoms with Crippen molar-refractivity contribution in [2.24, 2.45) is 0 Å². The predicted octanol–water partition coefficient (Wildman–Crippen LogP) is 2.56. The first-order valence-corrected chi connectivity index (χ1v) is 10.8. The average Bonchev–Trinajstić information content (AvgIpc) is 2.82. The van der Waals surface area contributed by atoms with Crippen molar-refractivity contribution in [1.82, 2.24) is 0 Å². The summed E-state index contributed by atoms with van der Waals surface area (Å²) in [4.78, 5) is 3.86. The van der Waals surface area contributed by atoms with Crippen molar-refractivity contribution in [2.45, 2.75) is 12.2 Å². The number of piperazine rings is 1. The van der Waals surface area contributed by atoms with E-state index in [-0.39, 0.29) is 6.10 Å². The second kappa shape index (κ2) is 10.4. The molecule has 4 rings (SSSR count). The minimum absolute atomic E-state index is 0.160. The third-order valence-corrected chi connectivity index (χ3v) is 5.78. The summed E-state index contributed by atoms with van der Waals surface area (Å²) in [7, 11) is 0. The highest BCUT2D eigenvalue weighted by Gasteiger charge is 2.24. The molecule has 0 bridgehead atoms. The first-order valence-electron chi connectivity index (χ1n) is 10.8. The van der Waals surface area contributed by atoms with E-state index in [1.54, 1.807) is 0 Å². The largest absolute Gasteiger partial charge is 0.385 e. The van der Waals surface area contributed by atoms with Gasteiger partial charge in [-0.1, -0.05) is 78.9 Å². The number of aliphatic hydroxyl groups is 1. The summed E-state index contributed by atoms with van der Waals surface area (Å²) in [5.74, 6) is 0. The summed E-state index contributed by atoms with van der Waals surface area (Å²) in [5, 5.41) is 10.7. The van der Waals surface area contributed by atoms with E-state index in [1.807, 2.05) is 36.4 Å². The van der Waals surface area contributed by atoms with Crippen LogP contribution in [0.25, 0.3) is 0 Å². The van der Waals surface area contributed by atoms with Gasteiger partial charge in [0.15, 0.2) is 0 Å². The van der Waals surface area contributed by atoms with Gasteiger partial charge in [0.05, 0.1) is 32.8 Å². The summed E-state index contributed by atoms with van der Waals surface area (Å²) in [5.41, 5.74) is 3.51. The Labute approximate surface area is 179 Å². The minimum atomic E-state index is -0.474. The second-order valence-corrected chi connectivity index (χ2v) is 7.97. The molecule has 0 radical (unpaired) electrons. The Morgan fingerprint density at radius 2 is 1.27 bits per heavy atom. The Morgan fingerprint density at radius 3 is 1.80 bits per heavy atom. The molecule has 0 amide bonds. The highest BCUT2D eigenvalue weighted by Crippen LogP contribution is 2.25. The summed E-state index contributed by atoms with van der Waals surface area (Å²) in [6, 6.07) is 31.0. The summed E-state index contributed by atoms with van der Waals surface area (Å²) in [6.45, 7) is 5.16. The average molecular weight is 404 g/mol. The van der Waals surface area contributed by atoms with Crippen molar-refractivity contribution in [3.8, 4) is 0 Å². The van der Waals surface area contributed by atoms with E-state index in [4.69, 9.17) is 4.74 Å². The molecule has 1 aliphatic rings. The quantitative estimate of drug-likeness (QED) is 0.607. The molecule has 0 unspecified atom stereocenters. The molecule has 2 N–H and O–H groups in total. The highest BCUT2D eigenvalue weighted by molar-refractivity contribution is 5.46. The van der Waals surface area contributed by atoms with E-state index < -0.39 is 6.10 Å². The van der Waals surface area contributed by atoms with Crippen molar-refractivity contribution in [3.63, 3.8) is 0 Å². The number of para-hydroxylation sites is 1. The summed E-state index contributed by atoms with van der Waals surface area (Å²) >= 11 is 0. The molecule has 1 saturated heterocycles. The molecular formula is C26H31N2O2+. The zero-order chi connectivity index (χ0) is 20.6. The van der Waals surface area contributed by atoms with E-state index in [1.165, 1.54) is 10.6 Å². The van der Waals surface area contributed by atoms with Crippen LogP contribution >= 0.6 is 0 Å². The van der Waals surface area contributed by atoms with Gasteiger partial charge in [-0.2, -0.15) is 0 Å². The Hall–Kier alpha value is -2.66. The Balaban J connectivity index is 1.30. The van der Waals surface area contributed by atoms with Gasteiger partial charge in [0.1, 0.15) is 18.8 Å². The zero-order valence-corrected chi connectivity index (χ0v) is 17.4. The lowest BCUT2D eigenvalue weighted by molar-refractivity contribution is -0.903. The van der Waals surface area contributed by atoms with Gasteiger partial charge in [-0.3, -0.25) is 0 Å². The van der Waals surface area contributed by atoms with Crippen LogP contribution in [0.1, 0.15) is 17.2 Å². The normalized spacial score (nSPS) is 16.0. The van der Waals surface area contributed by atoms with Gasteiger partial charge in [0, 0.05) is 5.69 Å². The maximum absolute atomic E-state index is 10.7. The molecule has 1 heterocycles. The minimum Gasteiger partial charge on any atom is -0.385 e. The number of anilines is 1. The van der Waals surface area contributed by atoms with Crippen molar-refractivity contribution < 1.29 is 14.7 Å².